The minimum atomic E-state index is 0. The van der Waals surface area contributed by atoms with Crippen molar-refractivity contribution >= 4 is 35.1 Å². The predicted octanol–water partition coefficient (Wildman–Crippen LogP) is 3.07. The highest BCUT2D eigenvalue weighted by atomic mass is 35.5. The van der Waals surface area contributed by atoms with Gasteiger partial charge < -0.3 is 15.1 Å². The van der Waals surface area contributed by atoms with Crippen molar-refractivity contribution in [3.05, 3.63) is 24.1 Å². The van der Waals surface area contributed by atoms with Crippen LogP contribution in [0.25, 0.3) is 11.1 Å². The molecular formula is C16H20ClN3O2. The van der Waals surface area contributed by atoms with Crippen LogP contribution in [-0.2, 0) is 4.79 Å². The monoisotopic (exact) mass is 321 g/mol. The Bertz CT molecular complexity index is 675. The lowest BCUT2D eigenvalue weighted by molar-refractivity contribution is -0.120. The van der Waals surface area contributed by atoms with E-state index in [-0.39, 0.29) is 24.2 Å². The zero-order valence-electron chi connectivity index (χ0n) is 12.3. The molecular weight excluding hydrogens is 302 g/mol. The number of nitrogens with one attached hydrogen (secondary N) is 2. The smallest absolute Gasteiger partial charge is 0.228 e. The van der Waals surface area contributed by atoms with E-state index < -0.39 is 0 Å². The van der Waals surface area contributed by atoms with Crippen molar-refractivity contribution in [2.45, 2.75) is 31.6 Å². The van der Waals surface area contributed by atoms with Gasteiger partial charge in [0.15, 0.2) is 11.5 Å². The van der Waals surface area contributed by atoms with Crippen LogP contribution >= 0.6 is 12.4 Å². The van der Waals surface area contributed by atoms with Crippen LogP contribution < -0.4 is 10.6 Å². The molecule has 4 rings (SSSR count). The molecule has 2 aromatic rings. The lowest BCUT2D eigenvalue weighted by atomic mass is 9.99. The van der Waals surface area contributed by atoms with Gasteiger partial charge in [0.25, 0.3) is 0 Å². The van der Waals surface area contributed by atoms with E-state index in [1.165, 1.54) is 12.8 Å². The zero-order chi connectivity index (χ0) is 14.2. The molecule has 1 amide bonds. The van der Waals surface area contributed by atoms with Crippen molar-refractivity contribution in [1.29, 1.82) is 0 Å². The lowest BCUT2D eigenvalue weighted by Crippen LogP contribution is -2.37. The average molecular weight is 322 g/mol. The highest BCUT2D eigenvalue weighted by molar-refractivity contribution is 5.94. The van der Waals surface area contributed by atoms with Gasteiger partial charge in [-0.25, -0.2) is 4.98 Å². The van der Waals surface area contributed by atoms with Crippen molar-refractivity contribution in [3.63, 3.8) is 0 Å². The van der Waals surface area contributed by atoms with Crippen LogP contribution in [0, 0.1) is 5.92 Å². The number of anilines is 1. The Morgan fingerprint density at radius 3 is 2.91 bits per heavy atom. The van der Waals surface area contributed by atoms with Gasteiger partial charge in [-0.1, -0.05) is 0 Å². The van der Waals surface area contributed by atoms with Crippen LogP contribution in [-0.4, -0.2) is 24.0 Å². The van der Waals surface area contributed by atoms with Crippen molar-refractivity contribution in [2.75, 3.05) is 18.4 Å². The molecule has 22 heavy (non-hydrogen) atoms. The SMILES string of the molecule is Cl.O=C(Nc1ccc2oc(C3CC3)nc2c1)C1CCCNC1. The zero-order valence-corrected chi connectivity index (χ0v) is 13.1. The summed E-state index contributed by atoms with van der Waals surface area (Å²) in [5.74, 6) is 1.50. The first-order chi connectivity index (χ1) is 10.3. The molecule has 6 heteroatoms. The number of hydrogen-bond acceptors (Lipinski definition) is 4. The minimum absolute atomic E-state index is 0. The second kappa shape index (κ2) is 6.26. The van der Waals surface area contributed by atoms with Gasteiger partial charge in [0.05, 0.1) is 5.92 Å². The molecule has 1 aliphatic heterocycles. The topological polar surface area (TPSA) is 67.2 Å². The molecule has 1 atom stereocenters. The van der Waals surface area contributed by atoms with Crippen LogP contribution in [0.15, 0.2) is 22.6 Å². The molecule has 2 fully saturated rings. The summed E-state index contributed by atoms with van der Waals surface area (Å²) in [6.45, 7) is 1.78. The summed E-state index contributed by atoms with van der Waals surface area (Å²) < 4.78 is 5.73. The number of carbonyl (C=O) groups is 1. The molecule has 1 saturated heterocycles. The molecule has 0 spiro atoms. The standard InChI is InChI=1S/C16H19N3O2.ClH/c20-15(11-2-1-7-17-9-11)18-12-5-6-14-13(8-12)19-16(21-14)10-3-4-10;/h5-6,8,10-11,17H,1-4,7,9H2,(H,18,20);1H. The molecule has 1 aliphatic carbocycles. The van der Waals surface area contributed by atoms with E-state index in [1.54, 1.807) is 0 Å². The summed E-state index contributed by atoms with van der Waals surface area (Å²) in [5.41, 5.74) is 2.43. The van der Waals surface area contributed by atoms with Crippen LogP contribution in [0.5, 0.6) is 0 Å². The van der Waals surface area contributed by atoms with Gasteiger partial charge in [0.1, 0.15) is 5.52 Å². The summed E-state index contributed by atoms with van der Waals surface area (Å²) in [4.78, 5) is 16.8. The third-order valence-electron chi connectivity index (χ3n) is 4.27. The van der Waals surface area contributed by atoms with Crippen molar-refractivity contribution in [1.82, 2.24) is 10.3 Å². The first kappa shape index (κ1) is 15.3. The maximum atomic E-state index is 12.2. The maximum absolute atomic E-state index is 12.2. The summed E-state index contributed by atoms with van der Waals surface area (Å²) in [6, 6.07) is 5.68. The summed E-state index contributed by atoms with van der Waals surface area (Å²) in [5, 5.41) is 6.26. The Morgan fingerprint density at radius 2 is 2.18 bits per heavy atom. The second-order valence-electron chi connectivity index (χ2n) is 6.04. The third-order valence-corrected chi connectivity index (χ3v) is 4.27. The Morgan fingerprint density at radius 1 is 1.32 bits per heavy atom. The molecule has 1 aromatic carbocycles. The molecule has 0 bridgehead atoms. The van der Waals surface area contributed by atoms with E-state index in [2.05, 4.69) is 15.6 Å². The fourth-order valence-electron chi connectivity index (χ4n) is 2.85. The highest BCUT2D eigenvalue weighted by Crippen LogP contribution is 2.40. The van der Waals surface area contributed by atoms with Crippen LogP contribution in [0.3, 0.4) is 0 Å². The second-order valence-corrected chi connectivity index (χ2v) is 6.04. The molecule has 2 N–H and O–H groups in total. The largest absolute Gasteiger partial charge is 0.440 e. The van der Waals surface area contributed by atoms with Gasteiger partial charge in [-0.05, 0) is 50.4 Å². The number of aromatic nitrogens is 1. The van der Waals surface area contributed by atoms with E-state index in [9.17, 15) is 4.79 Å². The van der Waals surface area contributed by atoms with Crippen LogP contribution in [0.2, 0.25) is 0 Å². The highest BCUT2D eigenvalue weighted by Gasteiger charge is 2.29. The van der Waals surface area contributed by atoms with Gasteiger partial charge in [0, 0.05) is 18.2 Å². The number of rotatable bonds is 3. The van der Waals surface area contributed by atoms with E-state index in [0.717, 1.165) is 48.6 Å². The van der Waals surface area contributed by atoms with Crippen LogP contribution in [0.4, 0.5) is 5.69 Å². The Kier molecular flexibility index (Phi) is 4.36. The number of fused-ring (bicyclic) bond motifs is 1. The normalized spacial score (nSPS) is 21.4. The quantitative estimate of drug-likeness (QED) is 0.911. The number of piperidine rings is 1. The Hall–Kier alpha value is -1.59. The molecule has 5 nitrogen and oxygen atoms in total. The maximum Gasteiger partial charge on any atom is 0.228 e. The van der Waals surface area contributed by atoms with Gasteiger partial charge in [0.2, 0.25) is 5.91 Å². The van der Waals surface area contributed by atoms with Crippen molar-refractivity contribution in [2.24, 2.45) is 5.92 Å². The third kappa shape index (κ3) is 3.10. The number of carbonyl (C=O) groups excluding carboxylic acids is 1. The van der Waals surface area contributed by atoms with E-state index in [1.807, 2.05) is 18.2 Å². The van der Waals surface area contributed by atoms with E-state index in [4.69, 9.17) is 4.42 Å². The van der Waals surface area contributed by atoms with Gasteiger partial charge in [-0.2, -0.15) is 0 Å². The Labute approximate surface area is 135 Å². The number of oxazole rings is 1. The molecule has 2 aliphatic rings. The van der Waals surface area contributed by atoms with Crippen LogP contribution in [0.1, 0.15) is 37.5 Å². The summed E-state index contributed by atoms with van der Waals surface area (Å²) in [7, 11) is 0. The Balaban J connectivity index is 0.00000144. The number of hydrogen-bond donors (Lipinski definition) is 2. The van der Waals surface area contributed by atoms with Gasteiger partial charge in [-0.3, -0.25) is 4.79 Å². The first-order valence-corrected chi connectivity index (χ1v) is 7.72. The first-order valence-electron chi connectivity index (χ1n) is 7.72. The summed E-state index contributed by atoms with van der Waals surface area (Å²) in [6.07, 6.45) is 4.36. The number of halogens is 1. The van der Waals surface area contributed by atoms with Crippen molar-refractivity contribution in [3.8, 4) is 0 Å². The molecule has 2 heterocycles. The van der Waals surface area contributed by atoms with Gasteiger partial charge in [-0.15, -0.1) is 12.4 Å². The molecule has 118 valence electrons. The molecule has 1 saturated carbocycles. The average Bonchev–Trinajstić information content (AvgIpc) is 3.28. The van der Waals surface area contributed by atoms with Crippen molar-refractivity contribution < 1.29 is 9.21 Å². The van der Waals surface area contributed by atoms with E-state index >= 15 is 0 Å². The number of amides is 1. The lowest BCUT2D eigenvalue weighted by Gasteiger charge is -2.21. The van der Waals surface area contributed by atoms with E-state index in [0.29, 0.717) is 5.92 Å². The molecule has 1 unspecified atom stereocenters. The van der Waals surface area contributed by atoms with Gasteiger partial charge >= 0.3 is 0 Å². The minimum Gasteiger partial charge on any atom is -0.440 e. The predicted molar refractivity (Wildman–Crippen MR) is 87.5 cm³/mol. The molecule has 1 aromatic heterocycles. The fourth-order valence-corrected chi connectivity index (χ4v) is 2.85. The fraction of sp³-hybridized carbons (Fsp3) is 0.500. The molecule has 0 radical (unpaired) electrons. The number of nitrogens with zero attached hydrogens (tertiary/aromatic N) is 1. The summed E-state index contributed by atoms with van der Waals surface area (Å²) >= 11 is 0. The number of benzene rings is 1.